The smallest absolute Gasteiger partial charge is 0.288 e. The zero-order valence-electron chi connectivity index (χ0n) is 7.99. The van der Waals surface area contributed by atoms with E-state index in [-0.39, 0.29) is 10.7 Å². The van der Waals surface area contributed by atoms with Gasteiger partial charge < -0.3 is 4.52 Å². The highest BCUT2D eigenvalue weighted by atomic mass is 79.9. The fourth-order valence-corrected chi connectivity index (χ4v) is 2.06. The van der Waals surface area contributed by atoms with Crippen molar-refractivity contribution in [1.82, 2.24) is 5.16 Å². The van der Waals surface area contributed by atoms with Crippen LogP contribution in [0.25, 0.3) is 11.3 Å². The summed E-state index contributed by atoms with van der Waals surface area (Å²) in [6.45, 7) is 0. The van der Waals surface area contributed by atoms with Gasteiger partial charge >= 0.3 is 0 Å². The lowest BCUT2D eigenvalue weighted by Crippen LogP contribution is -1.90. The molecule has 0 N–H and O–H groups in total. The van der Waals surface area contributed by atoms with Crippen LogP contribution in [-0.4, -0.2) is 10.1 Å². The SMILES string of the molecule is O=[N+]([O-])c1cc(-c2noc(Br)c2Br)ccc1Cl. The number of hydrogen-bond acceptors (Lipinski definition) is 4. The molecule has 0 spiro atoms. The lowest BCUT2D eigenvalue weighted by molar-refractivity contribution is -0.384. The number of hydrogen-bond donors (Lipinski definition) is 0. The summed E-state index contributed by atoms with van der Waals surface area (Å²) < 4.78 is 5.91. The van der Waals surface area contributed by atoms with Crippen molar-refractivity contribution in [3.8, 4) is 11.3 Å². The minimum absolute atomic E-state index is 0.0810. The normalized spacial score (nSPS) is 10.5. The van der Waals surface area contributed by atoms with Crippen molar-refractivity contribution in [3.63, 3.8) is 0 Å². The van der Waals surface area contributed by atoms with E-state index in [0.29, 0.717) is 20.4 Å². The molecule has 1 aromatic carbocycles. The van der Waals surface area contributed by atoms with Crippen LogP contribution >= 0.6 is 43.5 Å². The van der Waals surface area contributed by atoms with Crippen LogP contribution in [0, 0.1) is 10.1 Å². The highest BCUT2D eigenvalue weighted by Crippen LogP contribution is 2.36. The van der Waals surface area contributed by atoms with Gasteiger partial charge in [-0.05, 0) is 37.9 Å². The van der Waals surface area contributed by atoms with E-state index in [2.05, 4.69) is 37.0 Å². The van der Waals surface area contributed by atoms with E-state index in [4.69, 9.17) is 16.1 Å². The number of rotatable bonds is 2. The summed E-state index contributed by atoms with van der Waals surface area (Å²) in [6, 6.07) is 4.42. The maximum atomic E-state index is 10.8. The summed E-state index contributed by atoms with van der Waals surface area (Å²) in [7, 11) is 0. The molecule has 0 saturated heterocycles. The first-order valence-corrected chi connectivity index (χ1v) is 6.22. The molecular formula is C9H3Br2ClN2O3. The van der Waals surface area contributed by atoms with Gasteiger partial charge in [-0.1, -0.05) is 22.8 Å². The van der Waals surface area contributed by atoms with Gasteiger partial charge in [0.15, 0.2) is 0 Å². The molecule has 0 bridgehead atoms. The quantitative estimate of drug-likeness (QED) is 0.569. The summed E-state index contributed by atoms with van der Waals surface area (Å²) in [6.07, 6.45) is 0. The van der Waals surface area contributed by atoms with Crippen LogP contribution in [0.2, 0.25) is 5.02 Å². The van der Waals surface area contributed by atoms with Crippen molar-refractivity contribution in [1.29, 1.82) is 0 Å². The first-order chi connectivity index (χ1) is 8.00. The Kier molecular flexibility index (Phi) is 3.50. The second kappa shape index (κ2) is 4.75. The van der Waals surface area contributed by atoms with Crippen LogP contribution in [0.15, 0.2) is 31.9 Å². The summed E-state index contributed by atoms with van der Waals surface area (Å²) in [4.78, 5) is 10.2. The average Bonchev–Trinajstić information content (AvgIpc) is 2.60. The van der Waals surface area contributed by atoms with Gasteiger partial charge in [0.25, 0.3) is 5.69 Å². The first kappa shape index (κ1) is 12.5. The van der Waals surface area contributed by atoms with E-state index in [0.717, 1.165) is 0 Å². The van der Waals surface area contributed by atoms with Crippen molar-refractivity contribution in [3.05, 3.63) is 42.5 Å². The third kappa shape index (κ3) is 2.36. The Morgan fingerprint density at radius 3 is 2.65 bits per heavy atom. The molecule has 0 atom stereocenters. The second-order valence-electron chi connectivity index (χ2n) is 3.04. The number of aromatic nitrogens is 1. The van der Waals surface area contributed by atoms with Gasteiger partial charge in [-0.3, -0.25) is 10.1 Å². The molecule has 0 fully saturated rings. The second-order valence-corrected chi connectivity index (χ2v) is 4.96. The molecule has 0 aliphatic rings. The predicted molar refractivity (Wildman–Crippen MR) is 69.0 cm³/mol. The molecule has 0 unspecified atom stereocenters. The molecule has 2 aromatic rings. The largest absolute Gasteiger partial charge is 0.347 e. The van der Waals surface area contributed by atoms with E-state index in [1.165, 1.54) is 12.1 Å². The number of nitro groups is 1. The molecule has 0 aliphatic carbocycles. The molecule has 2 rings (SSSR count). The van der Waals surface area contributed by atoms with Crippen LogP contribution in [0.5, 0.6) is 0 Å². The highest BCUT2D eigenvalue weighted by molar-refractivity contribution is 9.13. The molecule has 1 heterocycles. The van der Waals surface area contributed by atoms with E-state index >= 15 is 0 Å². The third-order valence-corrected chi connectivity index (χ3v) is 4.14. The van der Waals surface area contributed by atoms with E-state index in [9.17, 15) is 10.1 Å². The topological polar surface area (TPSA) is 69.2 Å². The van der Waals surface area contributed by atoms with Gasteiger partial charge in [-0.15, -0.1) is 0 Å². The molecule has 88 valence electrons. The molecule has 5 nitrogen and oxygen atoms in total. The summed E-state index contributed by atoms with van der Waals surface area (Å²) in [5.74, 6) is 0. The molecule has 8 heteroatoms. The number of nitrogens with zero attached hydrogens (tertiary/aromatic N) is 2. The van der Waals surface area contributed by atoms with Crippen LogP contribution in [-0.2, 0) is 0 Å². The molecule has 17 heavy (non-hydrogen) atoms. The fourth-order valence-electron chi connectivity index (χ4n) is 1.24. The van der Waals surface area contributed by atoms with Gasteiger partial charge in [-0.2, -0.15) is 0 Å². The van der Waals surface area contributed by atoms with E-state index in [1.807, 2.05) is 0 Å². The maximum Gasteiger partial charge on any atom is 0.288 e. The van der Waals surface area contributed by atoms with Crippen molar-refractivity contribution in [2.45, 2.75) is 0 Å². The van der Waals surface area contributed by atoms with E-state index in [1.54, 1.807) is 6.07 Å². The molecule has 0 amide bonds. The Morgan fingerprint density at radius 2 is 2.12 bits per heavy atom. The molecule has 0 aliphatic heterocycles. The van der Waals surface area contributed by atoms with Gasteiger partial charge in [-0.25, -0.2) is 0 Å². The Labute approximate surface area is 117 Å². The van der Waals surface area contributed by atoms with Crippen molar-refractivity contribution < 1.29 is 9.45 Å². The van der Waals surface area contributed by atoms with Crippen LogP contribution in [0.3, 0.4) is 0 Å². The van der Waals surface area contributed by atoms with Crippen LogP contribution < -0.4 is 0 Å². The van der Waals surface area contributed by atoms with Crippen molar-refractivity contribution in [2.75, 3.05) is 0 Å². The minimum Gasteiger partial charge on any atom is -0.347 e. The predicted octanol–water partition coefficient (Wildman–Crippen LogP) is 4.43. The fraction of sp³-hybridized carbons (Fsp3) is 0. The van der Waals surface area contributed by atoms with Gasteiger partial charge in [0.1, 0.15) is 10.7 Å². The lowest BCUT2D eigenvalue weighted by Gasteiger charge is -1.99. The molecule has 0 radical (unpaired) electrons. The molecular weight excluding hydrogens is 379 g/mol. The van der Waals surface area contributed by atoms with Gasteiger partial charge in [0, 0.05) is 11.6 Å². The number of benzene rings is 1. The van der Waals surface area contributed by atoms with Crippen molar-refractivity contribution in [2.24, 2.45) is 0 Å². The van der Waals surface area contributed by atoms with Crippen molar-refractivity contribution >= 4 is 49.1 Å². The minimum atomic E-state index is -0.547. The lowest BCUT2D eigenvalue weighted by atomic mass is 10.1. The zero-order chi connectivity index (χ0) is 12.6. The van der Waals surface area contributed by atoms with Gasteiger partial charge in [0.05, 0.1) is 9.40 Å². The Morgan fingerprint density at radius 1 is 1.41 bits per heavy atom. The third-order valence-electron chi connectivity index (χ3n) is 2.01. The highest BCUT2D eigenvalue weighted by Gasteiger charge is 2.18. The summed E-state index contributed by atoms with van der Waals surface area (Å²) >= 11 is 12.1. The summed E-state index contributed by atoms with van der Waals surface area (Å²) in [5.41, 5.74) is 0.842. The summed E-state index contributed by atoms with van der Waals surface area (Å²) in [5, 5.41) is 14.6. The Balaban J connectivity index is 2.58. The standard InChI is InChI=1S/C9H3Br2ClN2O3/c10-7-8(13-17-9(7)11)4-1-2-5(12)6(3-4)14(15)16/h1-3H. The molecule has 1 aromatic heterocycles. The molecule has 0 saturated carbocycles. The van der Waals surface area contributed by atoms with Gasteiger partial charge in [0.2, 0.25) is 4.67 Å². The van der Waals surface area contributed by atoms with Crippen LogP contribution in [0.4, 0.5) is 5.69 Å². The average molecular weight is 382 g/mol. The zero-order valence-corrected chi connectivity index (χ0v) is 11.9. The number of halogens is 3. The maximum absolute atomic E-state index is 10.8. The first-order valence-electron chi connectivity index (χ1n) is 4.25. The van der Waals surface area contributed by atoms with E-state index < -0.39 is 4.92 Å². The Bertz CT molecular complexity index is 600. The number of nitro benzene ring substituents is 1. The van der Waals surface area contributed by atoms with Crippen LogP contribution in [0.1, 0.15) is 0 Å². The Hall–Kier alpha value is -0.920. The monoisotopic (exact) mass is 380 g/mol.